The van der Waals surface area contributed by atoms with E-state index < -0.39 is 5.82 Å². The van der Waals surface area contributed by atoms with Crippen LogP contribution in [0, 0.1) is 5.82 Å². The molecule has 1 saturated heterocycles. The molecular formula is C20H17ClFN7O2. The average Bonchev–Trinajstić information content (AvgIpc) is 3.48. The molecule has 0 unspecified atom stereocenters. The molecule has 3 aromatic heterocycles. The minimum Gasteiger partial charge on any atom is -0.356 e. The minimum absolute atomic E-state index is 0.109. The molecule has 0 saturated carbocycles. The molecule has 0 amide bonds. The fourth-order valence-corrected chi connectivity index (χ4v) is 4.03. The van der Waals surface area contributed by atoms with Gasteiger partial charge in [-0.3, -0.25) is 9.36 Å². The molecule has 4 heterocycles. The summed E-state index contributed by atoms with van der Waals surface area (Å²) < 4.78 is 21.4. The number of rotatable bonds is 4. The molecule has 5 rings (SSSR count). The van der Waals surface area contributed by atoms with Gasteiger partial charge in [0.25, 0.3) is 5.56 Å². The van der Waals surface area contributed by atoms with E-state index in [1.165, 1.54) is 30.6 Å². The summed E-state index contributed by atoms with van der Waals surface area (Å²) in [5, 5.41) is 13.1. The van der Waals surface area contributed by atoms with E-state index in [1.54, 1.807) is 10.6 Å². The summed E-state index contributed by atoms with van der Waals surface area (Å²) in [7, 11) is 1.82. The molecule has 1 atom stereocenters. The van der Waals surface area contributed by atoms with Crippen molar-refractivity contribution in [2.24, 2.45) is 7.05 Å². The third-order valence-corrected chi connectivity index (χ3v) is 5.57. The van der Waals surface area contributed by atoms with E-state index in [0.717, 1.165) is 19.4 Å². The number of hydrogen-bond acceptors (Lipinski definition) is 7. The Labute approximate surface area is 180 Å². The van der Waals surface area contributed by atoms with Gasteiger partial charge in [0.15, 0.2) is 11.6 Å². The van der Waals surface area contributed by atoms with Gasteiger partial charge in [-0.15, -0.1) is 10.2 Å². The predicted octanol–water partition coefficient (Wildman–Crippen LogP) is 3.35. The van der Waals surface area contributed by atoms with Gasteiger partial charge in [-0.25, -0.2) is 9.37 Å². The van der Waals surface area contributed by atoms with E-state index in [1.807, 2.05) is 7.05 Å². The number of anilines is 1. The smallest absolute Gasteiger partial charge is 0.251 e. The first kappa shape index (κ1) is 19.4. The summed E-state index contributed by atoms with van der Waals surface area (Å²) in [4.78, 5) is 20.3. The van der Waals surface area contributed by atoms with Gasteiger partial charge in [0.1, 0.15) is 17.2 Å². The van der Waals surface area contributed by atoms with Gasteiger partial charge < -0.3 is 14.4 Å². The monoisotopic (exact) mass is 441 g/mol. The molecule has 1 fully saturated rings. The average molecular weight is 442 g/mol. The zero-order chi connectivity index (χ0) is 21.5. The summed E-state index contributed by atoms with van der Waals surface area (Å²) >= 11 is 6.00. The second-order valence-electron chi connectivity index (χ2n) is 7.27. The highest BCUT2D eigenvalue weighted by Gasteiger charge is 2.33. The number of aromatic amines is 1. The SMILES string of the molecule is Cn1c(-c2cc(=O)[nH]cn2)nnc1N1CCC[C@@H]1c1cc(-c2cc(Cl)ccc2F)on1. The lowest BCUT2D eigenvalue weighted by Crippen LogP contribution is -2.25. The topological polar surface area (TPSA) is 106 Å². The van der Waals surface area contributed by atoms with Crippen LogP contribution >= 0.6 is 11.6 Å². The highest BCUT2D eigenvalue weighted by molar-refractivity contribution is 6.30. The van der Waals surface area contributed by atoms with Gasteiger partial charge in [0.2, 0.25) is 5.95 Å². The van der Waals surface area contributed by atoms with Crippen molar-refractivity contribution >= 4 is 17.5 Å². The third-order valence-electron chi connectivity index (χ3n) is 5.33. The molecule has 0 aliphatic carbocycles. The van der Waals surface area contributed by atoms with Crippen LogP contribution < -0.4 is 10.5 Å². The predicted molar refractivity (Wildman–Crippen MR) is 111 cm³/mol. The maximum absolute atomic E-state index is 14.2. The van der Waals surface area contributed by atoms with Gasteiger partial charge in [0, 0.05) is 30.7 Å². The number of aromatic nitrogens is 6. The Hall–Kier alpha value is -3.53. The molecule has 9 nitrogen and oxygen atoms in total. The van der Waals surface area contributed by atoms with Crippen molar-refractivity contribution in [1.29, 1.82) is 0 Å². The Balaban J connectivity index is 1.47. The van der Waals surface area contributed by atoms with Gasteiger partial charge in [0.05, 0.1) is 17.9 Å². The van der Waals surface area contributed by atoms with E-state index in [2.05, 4.69) is 30.2 Å². The molecule has 1 aliphatic heterocycles. The van der Waals surface area contributed by atoms with E-state index in [0.29, 0.717) is 33.9 Å². The molecule has 31 heavy (non-hydrogen) atoms. The second kappa shape index (κ2) is 7.62. The molecule has 1 aromatic carbocycles. The largest absolute Gasteiger partial charge is 0.356 e. The lowest BCUT2D eigenvalue weighted by atomic mass is 10.1. The van der Waals surface area contributed by atoms with Gasteiger partial charge >= 0.3 is 0 Å². The quantitative estimate of drug-likeness (QED) is 0.517. The molecule has 1 aliphatic rings. The number of nitrogens with one attached hydrogen (secondary N) is 1. The summed E-state index contributed by atoms with van der Waals surface area (Å²) in [6, 6.07) is 7.29. The summed E-state index contributed by atoms with van der Waals surface area (Å²) in [6.45, 7) is 0.743. The highest BCUT2D eigenvalue weighted by atomic mass is 35.5. The Bertz CT molecular complexity index is 1310. The molecular weight excluding hydrogens is 425 g/mol. The maximum Gasteiger partial charge on any atom is 0.251 e. The molecule has 158 valence electrons. The standard InChI is InChI=1S/C20H17ClFN7O2/c1-28-19(15-9-18(30)24-10-23-15)25-26-20(28)29-6-2-3-16(29)14-8-17(31-27-14)12-7-11(21)4-5-13(12)22/h4-5,7-10,16H,2-3,6H2,1H3,(H,23,24,30)/t16-/m1/s1. The Morgan fingerprint density at radius 2 is 2.13 bits per heavy atom. The zero-order valence-corrected chi connectivity index (χ0v) is 17.2. The third kappa shape index (κ3) is 3.48. The normalized spacial score (nSPS) is 16.2. The molecule has 4 aromatic rings. The van der Waals surface area contributed by atoms with Crippen molar-refractivity contribution in [3.05, 3.63) is 63.5 Å². The van der Waals surface area contributed by atoms with Gasteiger partial charge in [-0.1, -0.05) is 16.8 Å². The van der Waals surface area contributed by atoms with E-state index in [4.69, 9.17) is 16.1 Å². The van der Waals surface area contributed by atoms with Crippen LogP contribution in [-0.2, 0) is 7.05 Å². The van der Waals surface area contributed by atoms with Crippen molar-refractivity contribution < 1.29 is 8.91 Å². The van der Waals surface area contributed by atoms with Crippen LogP contribution in [0.3, 0.4) is 0 Å². The van der Waals surface area contributed by atoms with Gasteiger partial charge in [-0.05, 0) is 31.0 Å². The molecule has 1 N–H and O–H groups in total. The maximum atomic E-state index is 14.2. The van der Waals surface area contributed by atoms with Crippen molar-refractivity contribution in [1.82, 2.24) is 29.9 Å². The fourth-order valence-electron chi connectivity index (χ4n) is 3.86. The summed E-state index contributed by atoms with van der Waals surface area (Å²) in [5.74, 6) is 0.985. The Kier molecular flexibility index (Phi) is 4.78. The summed E-state index contributed by atoms with van der Waals surface area (Å²) in [6.07, 6.45) is 3.08. The first-order chi connectivity index (χ1) is 15.0. The minimum atomic E-state index is -0.432. The van der Waals surface area contributed by atoms with E-state index >= 15 is 0 Å². The van der Waals surface area contributed by atoms with E-state index in [-0.39, 0.29) is 17.2 Å². The van der Waals surface area contributed by atoms with E-state index in [9.17, 15) is 9.18 Å². The molecule has 0 radical (unpaired) electrons. The lowest BCUT2D eigenvalue weighted by Gasteiger charge is -2.23. The number of halogens is 2. The zero-order valence-electron chi connectivity index (χ0n) is 16.4. The molecule has 0 spiro atoms. The van der Waals surface area contributed by atoms with Crippen LogP contribution in [0.5, 0.6) is 0 Å². The van der Waals surface area contributed by atoms with Crippen LogP contribution in [0.2, 0.25) is 5.02 Å². The number of nitrogens with zero attached hydrogens (tertiary/aromatic N) is 6. The van der Waals surface area contributed by atoms with Crippen LogP contribution in [-0.4, -0.2) is 36.4 Å². The van der Waals surface area contributed by atoms with Crippen LogP contribution in [0.25, 0.3) is 22.8 Å². The number of hydrogen-bond donors (Lipinski definition) is 1. The fraction of sp³-hybridized carbons (Fsp3) is 0.250. The van der Waals surface area contributed by atoms with Crippen molar-refractivity contribution in [2.45, 2.75) is 18.9 Å². The Morgan fingerprint density at radius 1 is 1.26 bits per heavy atom. The van der Waals surface area contributed by atoms with Crippen LogP contribution in [0.4, 0.5) is 10.3 Å². The summed E-state index contributed by atoms with van der Waals surface area (Å²) in [5.41, 5.74) is 1.10. The second-order valence-corrected chi connectivity index (χ2v) is 7.71. The van der Waals surface area contributed by atoms with Crippen molar-refractivity contribution in [3.8, 4) is 22.8 Å². The molecule has 0 bridgehead atoms. The van der Waals surface area contributed by atoms with Crippen molar-refractivity contribution in [3.63, 3.8) is 0 Å². The highest BCUT2D eigenvalue weighted by Crippen LogP contribution is 2.37. The first-order valence-electron chi connectivity index (χ1n) is 9.64. The van der Waals surface area contributed by atoms with Crippen molar-refractivity contribution in [2.75, 3.05) is 11.4 Å². The first-order valence-corrected chi connectivity index (χ1v) is 10.0. The Morgan fingerprint density at radius 3 is 2.97 bits per heavy atom. The van der Waals surface area contributed by atoms with Crippen LogP contribution in [0.1, 0.15) is 24.6 Å². The lowest BCUT2D eigenvalue weighted by molar-refractivity contribution is 0.414. The molecule has 11 heteroatoms. The van der Waals surface area contributed by atoms with Crippen LogP contribution in [0.15, 0.2) is 46.0 Å². The van der Waals surface area contributed by atoms with Gasteiger partial charge in [-0.2, -0.15) is 0 Å². The number of benzene rings is 1. The number of H-pyrrole nitrogens is 1.